The molecule has 3 nitrogen and oxygen atoms in total. The van der Waals surface area contributed by atoms with Crippen LogP contribution in [-0.4, -0.2) is 34.1 Å². The van der Waals surface area contributed by atoms with Crippen LogP contribution in [0.2, 0.25) is 0 Å². The van der Waals surface area contributed by atoms with E-state index in [9.17, 15) is 10.2 Å². The van der Waals surface area contributed by atoms with Crippen LogP contribution in [0.15, 0.2) is 0 Å². The fourth-order valence-electron chi connectivity index (χ4n) is 7.97. The highest BCUT2D eigenvalue weighted by Gasteiger charge is 2.65. The summed E-state index contributed by atoms with van der Waals surface area (Å²) in [5.41, 5.74) is -0.608. The van der Waals surface area contributed by atoms with Gasteiger partial charge in [0.2, 0.25) is 0 Å². The zero-order valence-corrected chi connectivity index (χ0v) is 17.2. The van der Waals surface area contributed by atoms with E-state index in [-0.39, 0.29) is 23.0 Å². The van der Waals surface area contributed by atoms with Gasteiger partial charge in [-0.25, -0.2) is 0 Å². The Bertz CT molecular complexity index is 522. The fraction of sp³-hybridized carbons (Fsp3) is 1.00. The van der Waals surface area contributed by atoms with Crippen LogP contribution in [0.3, 0.4) is 0 Å². The summed E-state index contributed by atoms with van der Waals surface area (Å²) in [6, 6.07) is 0. The van der Waals surface area contributed by atoms with E-state index >= 15 is 0 Å². The molecule has 2 N–H and O–H groups in total. The third kappa shape index (κ3) is 2.63. The summed E-state index contributed by atoms with van der Waals surface area (Å²) in [6.07, 6.45) is 11.9. The molecule has 0 aromatic rings. The van der Waals surface area contributed by atoms with Crippen molar-refractivity contribution in [3.8, 4) is 0 Å². The van der Waals surface area contributed by atoms with Crippen LogP contribution in [0, 0.1) is 29.1 Å². The topological polar surface area (TPSA) is 49.7 Å². The van der Waals surface area contributed by atoms with Gasteiger partial charge in [-0.15, -0.1) is 0 Å². The molecular weight excluding hydrogens is 324 g/mol. The number of aliphatic hydroxyl groups excluding tert-OH is 1. The minimum absolute atomic E-state index is 0.0388. The zero-order valence-electron chi connectivity index (χ0n) is 17.2. The normalized spacial score (nSPS) is 54.1. The Balaban J connectivity index is 1.66. The monoisotopic (exact) mass is 364 g/mol. The van der Waals surface area contributed by atoms with Crippen molar-refractivity contribution in [2.45, 2.75) is 109 Å². The summed E-state index contributed by atoms with van der Waals surface area (Å²) < 4.78 is 6.62. The molecule has 0 aliphatic heterocycles. The molecule has 0 radical (unpaired) electrons. The lowest BCUT2D eigenvalue weighted by Crippen LogP contribution is -2.67. The molecule has 4 saturated carbocycles. The molecule has 4 aliphatic rings. The fourth-order valence-corrected chi connectivity index (χ4v) is 7.97. The maximum atomic E-state index is 11.7. The molecule has 150 valence electrons. The smallest absolute Gasteiger partial charge is 0.0753 e. The average Bonchev–Trinajstić information content (AvgIpc) is 2.62. The molecule has 4 rings (SSSR count). The predicted octanol–water partition coefficient (Wildman–Crippen LogP) is 4.69. The van der Waals surface area contributed by atoms with E-state index in [1.807, 2.05) is 0 Å². The van der Waals surface area contributed by atoms with E-state index in [1.165, 1.54) is 38.5 Å². The molecule has 0 bridgehead atoms. The highest BCUT2D eigenvalue weighted by Crippen LogP contribution is 2.66. The Kier molecular flexibility index (Phi) is 4.98. The largest absolute Gasteiger partial charge is 0.393 e. The summed E-state index contributed by atoms with van der Waals surface area (Å²) in [6.45, 7) is 7.72. The Labute approximate surface area is 159 Å². The van der Waals surface area contributed by atoms with Gasteiger partial charge < -0.3 is 14.9 Å². The van der Waals surface area contributed by atoms with E-state index in [4.69, 9.17) is 4.74 Å². The molecule has 3 heteroatoms. The first-order chi connectivity index (χ1) is 12.4. The standard InChI is InChI=1S/C23H40O3/c1-4-13-26-22-10-6-5-7-20(22)18-14-16(2)23(25)15-17(24)8-11-21(23,3)19(18)9-12-22/h16-20,24-25H,4-15H2,1-3H3/t16?,17-,18+,19-,20-,21+,22-,23?/m0/s1. The summed E-state index contributed by atoms with van der Waals surface area (Å²) in [4.78, 5) is 0. The van der Waals surface area contributed by atoms with Gasteiger partial charge in [0.25, 0.3) is 0 Å². The second-order valence-electron chi connectivity index (χ2n) is 10.4. The highest BCUT2D eigenvalue weighted by atomic mass is 16.5. The van der Waals surface area contributed by atoms with Crippen LogP contribution in [-0.2, 0) is 4.74 Å². The van der Waals surface area contributed by atoms with E-state index in [0.29, 0.717) is 24.2 Å². The lowest BCUT2D eigenvalue weighted by molar-refractivity contribution is -0.261. The van der Waals surface area contributed by atoms with Gasteiger partial charge in [-0.2, -0.15) is 0 Å². The molecule has 4 fully saturated rings. The van der Waals surface area contributed by atoms with Gasteiger partial charge in [0.1, 0.15) is 0 Å². The van der Waals surface area contributed by atoms with Crippen LogP contribution in [0.25, 0.3) is 0 Å². The Morgan fingerprint density at radius 3 is 2.62 bits per heavy atom. The molecule has 26 heavy (non-hydrogen) atoms. The van der Waals surface area contributed by atoms with Crippen LogP contribution < -0.4 is 0 Å². The van der Waals surface area contributed by atoms with Crippen LogP contribution >= 0.6 is 0 Å². The summed E-state index contributed by atoms with van der Waals surface area (Å²) in [7, 11) is 0. The Morgan fingerprint density at radius 1 is 1.04 bits per heavy atom. The van der Waals surface area contributed by atoms with E-state index in [0.717, 1.165) is 32.3 Å². The SMILES string of the molecule is CCCO[C@]12CCCC[C@H]1[C@@H]1CC(C)C3(O)C[C@@H](O)CC[C@]3(C)[C@H]1CC2. The lowest BCUT2D eigenvalue weighted by Gasteiger charge is -2.67. The third-order valence-corrected chi connectivity index (χ3v) is 9.34. The predicted molar refractivity (Wildman–Crippen MR) is 104 cm³/mol. The molecule has 0 saturated heterocycles. The van der Waals surface area contributed by atoms with Crippen molar-refractivity contribution in [3.63, 3.8) is 0 Å². The number of rotatable bonds is 3. The maximum Gasteiger partial charge on any atom is 0.0753 e. The van der Waals surface area contributed by atoms with Crippen LogP contribution in [0.5, 0.6) is 0 Å². The van der Waals surface area contributed by atoms with Gasteiger partial charge in [0, 0.05) is 13.0 Å². The lowest BCUT2D eigenvalue weighted by atomic mass is 9.41. The minimum atomic E-state index is -0.690. The van der Waals surface area contributed by atoms with Crippen LogP contribution in [0.1, 0.15) is 91.4 Å². The van der Waals surface area contributed by atoms with Gasteiger partial charge >= 0.3 is 0 Å². The first-order valence-electron chi connectivity index (χ1n) is 11.4. The number of ether oxygens (including phenoxy) is 1. The molecule has 0 aromatic heterocycles. The Morgan fingerprint density at radius 2 is 1.85 bits per heavy atom. The third-order valence-electron chi connectivity index (χ3n) is 9.34. The maximum absolute atomic E-state index is 11.7. The number of hydrogen-bond acceptors (Lipinski definition) is 3. The zero-order chi connectivity index (χ0) is 18.6. The molecule has 0 aromatic carbocycles. The van der Waals surface area contributed by atoms with Crippen molar-refractivity contribution >= 4 is 0 Å². The van der Waals surface area contributed by atoms with E-state index in [2.05, 4.69) is 20.8 Å². The Hall–Kier alpha value is -0.120. The quantitative estimate of drug-likeness (QED) is 0.764. The molecule has 8 atom stereocenters. The summed E-state index contributed by atoms with van der Waals surface area (Å²) >= 11 is 0. The van der Waals surface area contributed by atoms with E-state index in [1.54, 1.807) is 0 Å². The van der Waals surface area contributed by atoms with Crippen molar-refractivity contribution in [2.24, 2.45) is 29.1 Å². The second-order valence-corrected chi connectivity index (χ2v) is 10.4. The van der Waals surface area contributed by atoms with Crippen LogP contribution in [0.4, 0.5) is 0 Å². The van der Waals surface area contributed by atoms with Gasteiger partial charge in [-0.3, -0.25) is 0 Å². The summed E-state index contributed by atoms with van der Waals surface area (Å²) in [5.74, 6) is 2.24. The average molecular weight is 365 g/mol. The highest BCUT2D eigenvalue weighted by molar-refractivity contribution is 5.15. The minimum Gasteiger partial charge on any atom is -0.393 e. The van der Waals surface area contributed by atoms with Crippen molar-refractivity contribution in [1.82, 2.24) is 0 Å². The van der Waals surface area contributed by atoms with Gasteiger partial charge in [0.05, 0.1) is 17.3 Å². The molecule has 0 spiro atoms. The molecule has 4 aliphatic carbocycles. The number of aliphatic hydroxyl groups is 2. The first-order valence-corrected chi connectivity index (χ1v) is 11.4. The number of fused-ring (bicyclic) bond motifs is 5. The van der Waals surface area contributed by atoms with Crippen molar-refractivity contribution < 1.29 is 14.9 Å². The first kappa shape index (κ1) is 19.2. The van der Waals surface area contributed by atoms with Gasteiger partial charge in [0.15, 0.2) is 0 Å². The summed E-state index contributed by atoms with van der Waals surface area (Å²) in [5, 5.41) is 22.0. The van der Waals surface area contributed by atoms with E-state index < -0.39 is 5.60 Å². The van der Waals surface area contributed by atoms with Gasteiger partial charge in [-0.05, 0) is 80.5 Å². The van der Waals surface area contributed by atoms with Crippen molar-refractivity contribution in [3.05, 3.63) is 0 Å². The molecule has 2 unspecified atom stereocenters. The van der Waals surface area contributed by atoms with Crippen molar-refractivity contribution in [1.29, 1.82) is 0 Å². The van der Waals surface area contributed by atoms with Crippen molar-refractivity contribution in [2.75, 3.05) is 6.61 Å². The molecular formula is C23H40O3. The number of hydrogen-bond donors (Lipinski definition) is 2. The van der Waals surface area contributed by atoms with Gasteiger partial charge in [-0.1, -0.05) is 33.6 Å². The molecule has 0 amide bonds. The second kappa shape index (κ2) is 6.74. The molecule has 0 heterocycles.